The zero-order valence-electron chi connectivity index (χ0n) is 16.3. The van der Waals surface area contributed by atoms with Crippen LogP contribution in [0.25, 0.3) is 0 Å². The van der Waals surface area contributed by atoms with E-state index in [1.165, 1.54) is 5.56 Å². The molecule has 4 rings (SSSR count). The van der Waals surface area contributed by atoms with Crippen molar-refractivity contribution >= 4 is 11.8 Å². The molecule has 1 aliphatic carbocycles. The average molecular weight is 379 g/mol. The van der Waals surface area contributed by atoms with Crippen molar-refractivity contribution in [2.75, 3.05) is 26.8 Å². The number of ether oxygens (including phenoxy) is 2. The molecule has 2 unspecified atom stereocenters. The van der Waals surface area contributed by atoms with Gasteiger partial charge in [-0.15, -0.1) is 0 Å². The number of hydrogen-bond acceptors (Lipinski definition) is 5. The van der Waals surface area contributed by atoms with Crippen molar-refractivity contribution in [2.24, 2.45) is 5.41 Å². The largest absolute Gasteiger partial charge is 0.497 e. The van der Waals surface area contributed by atoms with Gasteiger partial charge < -0.3 is 9.47 Å². The molecule has 2 aromatic rings. The van der Waals surface area contributed by atoms with Crippen LogP contribution in [0.5, 0.6) is 5.75 Å². The van der Waals surface area contributed by atoms with Gasteiger partial charge in [-0.3, -0.25) is 14.5 Å². The predicted octanol–water partition coefficient (Wildman–Crippen LogP) is 2.97. The zero-order chi connectivity index (χ0) is 19.7. The summed E-state index contributed by atoms with van der Waals surface area (Å²) in [7, 11) is 1.62. The van der Waals surface area contributed by atoms with Gasteiger partial charge in [0, 0.05) is 19.6 Å². The Morgan fingerprint density at radius 3 is 2.71 bits per heavy atom. The van der Waals surface area contributed by atoms with Gasteiger partial charge in [0.2, 0.25) is 0 Å². The fourth-order valence-corrected chi connectivity index (χ4v) is 4.58. The Kier molecular flexibility index (Phi) is 4.94. The van der Waals surface area contributed by atoms with Crippen LogP contribution in [0.1, 0.15) is 29.5 Å². The summed E-state index contributed by atoms with van der Waals surface area (Å²) in [6.07, 6.45) is 0.360. The summed E-state index contributed by atoms with van der Waals surface area (Å²) in [6.45, 7) is 3.74. The zero-order valence-corrected chi connectivity index (χ0v) is 16.3. The molecular weight excluding hydrogens is 354 g/mol. The Balaban J connectivity index is 1.74. The Bertz CT molecular complexity index is 895. The maximum atomic E-state index is 13.4. The van der Waals surface area contributed by atoms with Gasteiger partial charge in [0.05, 0.1) is 19.6 Å². The highest BCUT2D eigenvalue weighted by Gasteiger charge is 2.57. The van der Waals surface area contributed by atoms with Crippen LogP contribution in [0.2, 0.25) is 0 Å². The van der Waals surface area contributed by atoms with Gasteiger partial charge in [0.25, 0.3) is 0 Å². The van der Waals surface area contributed by atoms with Gasteiger partial charge in [-0.1, -0.05) is 36.4 Å². The molecule has 2 aromatic carbocycles. The second-order valence-corrected chi connectivity index (χ2v) is 7.62. The molecule has 28 heavy (non-hydrogen) atoms. The van der Waals surface area contributed by atoms with E-state index in [-0.39, 0.29) is 18.3 Å². The predicted molar refractivity (Wildman–Crippen MR) is 105 cm³/mol. The second-order valence-electron chi connectivity index (χ2n) is 7.62. The first-order valence-electron chi connectivity index (χ1n) is 9.72. The lowest BCUT2D eigenvalue weighted by molar-refractivity contribution is -0.166. The van der Waals surface area contributed by atoms with E-state index in [0.717, 1.165) is 16.9 Å². The van der Waals surface area contributed by atoms with Crippen LogP contribution < -0.4 is 4.74 Å². The highest BCUT2D eigenvalue weighted by atomic mass is 16.5. The first-order chi connectivity index (χ1) is 13.6. The van der Waals surface area contributed by atoms with Gasteiger partial charge in [-0.25, -0.2) is 0 Å². The van der Waals surface area contributed by atoms with E-state index in [4.69, 9.17) is 9.47 Å². The normalized spacial score (nSPS) is 23.8. The summed E-state index contributed by atoms with van der Waals surface area (Å²) < 4.78 is 10.7. The van der Waals surface area contributed by atoms with E-state index in [2.05, 4.69) is 17.0 Å². The standard InChI is InChI=1S/C23H25NO4/c1-3-28-22(26)23-12-17-11-18(27-2)9-10-19(17)20(21(23)25)14-24(15-23)13-16-7-5-4-6-8-16/h4-11,20H,3,12-15H2,1-2H3. The second kappa shape index (κ2) is 7.40. The molecule has 0 radical (unpaired) electrons. The van der Waals surface area contributed by atoms with E-state index in [1.807, 2.05) is 36.4 Å². The molecule has 0 N–H and O–H groups in total. The van der Waals surface area contributed by atoms with Gasteiger partial charge in [0.15, 0.2) is 5.78 Å². The van der Waals surface area contributed by atoms with Crippen LogP contribution in [0.15, 0.2) is 48.5 Å². The highest BCUT2D eigenvalue weighted by Crippen LogP contribution is 2.46. The van der Waals surface area contributed by atoms with Crippen LogP contribution in [0.4, 0.5) is 0 Å². The van der Waals surface area contributed by atoms with Crippen LogP contribution in [-0.2, 0) is 27.3 Å². The third-order valence-electron chi connectivity index (χ3n) is 5.86. The van der Waals surface area contributed by atoms with E-state index in [9.17, 15) is 9.59 Å². The number of ketones is 1. The minimum absolute atomic E-state index is 0.00655. The van der Waals surface area contributed by atoms with Crippen LogP contribution in [0, 0.1) is 5.41 Å². The maximum absolute atomic E-state index is 13.4. The molecule has 1 heterocycles. The number of piperidine rings is 1. The van der Waals surface area contributed by atoms with Crippen molar-refractivity contribution in [3.63, 3.8) is 0 Å². The topological polar surface area (TPSA) is 55.8 Å². The summed E-state index contributed by atoms with van der Waals surface area (Å²) in [5.41, 5.74) is 2.04. The van der Waals surface area contributed by atoms with Gasteiger partial charge in [-0.2, -0.15) is 0 Å². The Labute approximate surface area is 165 Å². The molecule has 1 saturated heterocycles. The number of carbonyl (C=O) groups excluding carboxylic acids is 2. The molecule has 0 aromatic heterocycles. The number of nitrogens with zero attached hydrogens (tertiary/aromatic N) is 1. The van der Waals surface area contributed by atoms with Crippen molar-refractivity contribution in [2.45, 2.75) is 25.8 Å². The van der Waals surface area contributed by atoms with E-state index >= 15 is 0 Å². The van der Waals surface area contributed by atoms with Crippen molar-refractivity contribution in [3.05, 3.63) is 65.2 Å². The molecule has 146 valence electrons. The van der Waals surface area contributed by atoms with Crippen LogP contribution in [-0.4, -0.2) is 43.5 Å². The van der Waals surface area contributed by atoms with Crippen LogP contribution in [0.3, 0.4) is 0 Å². The first kappa shape index (κ1) is 18.7. The van der Waals surface area contributed by atoms with E-state index in [1.54, 1.807) is 14.0 Å². The van der Waals surface area contributed by atoms with Gasteiger partial charge in [0.1, 0.15) is 11.2 Å². The third-order valence-corrected chi connectivity index (χ3v) is 5.86. The number of likely N-dealkylation sites (tertiary alicyclic amines) is 1. The molecule has 5 heteroatoms. The summed E-state index contributed by atoms with van der Waals surface area (Å²) >= 11 is 0. The van der Waals surface area contributed by atoms with E-state index < -0.39 is 11.4 Å². The number of rotatable bonds is 5. The smallest absolute Gasteiger partial charge is 0.321 e. The number of fused-ring (bicyclic) bond motifs is 4. The molecule has 0 amide bonds. The number of benzene rings is 2. The molecule has 1 aliphatic heterocycles. The summed E-state index contributed by atoms with van der Waals surface area (Å²) in [5.74, 6) is 0.00649. The average Bonchev–Trinajstić information content (AvgIpc) is 2.70. The quantitative estimate of drug-likeness (QED) is 0.591. The fraction of sp³-hybridized carbons (Fsp3) is 0.391. The SMILES string of the molecule is CCOC(=O)C12Cc3cc(OC)ccc3C(CN(Cc3ccccc3)C1)C2=O. The van der Waals surface area contributed by atoms with Gasteiger partial charge >= 0.3 is 5.97 Å². The first-order valence-corrected chi connectivity index (χ1v) is 9.72. The Hall–Kier alpha value is -2.66. The monoisotopic (exact) mass is 379 g/mol. The number of methoxy groups -OCH3 is 1. The lowest BCUT2D eigenvalue weighted by Gasteiger charge is -2.47. The lowest BCUT2D eigenvalue weighted by atomic mass is 9.63. The highest BCUT2D eigenvalue weighted by molar-refractivity contribution is 6.09. The number of hydrogen-bond donors (Lipinski definition) is 0. The van der Waals surface area contributed by atoms with Gasteiger partial charge in [-0.05, 0) is 42.2 Å². The summed E-state index contributed by atoms with van der Waals surface area (Å²) in [4.78, 5) is 28.6. The molecule has 1 fully saturated rings. The van der Waals surface area contributed by atoms with Crippen molar-refractivity contribution < 1.29 is 19.1 Å². The molecule has 2 aliphatic rings. The summed E-state index contributed by atoms with van der Waals surface area (Å²) in [5, 5.41) is 0. The van der Waals surface area contributed by atoms with Crippen molar-refractivity contribution in [1.29, 1.82) is 0 Å². The maximum Gasteiger partial charge on any atom is 0.321 e. The molecule has 0 saturated carbocycles. The number of esters is 1. The van der Waals surface area contributed by atoms with Crippen molar-refractivity contribution in [3.8, 4) is 5.75 Å². The molecule has 2 bridgehead atoms. The molecular formula is C23H25NO4. The third kappa shape index (κ3) is 3.10. The fourth-order valence-electron chi connectivity index (χ4n) is 4.58. The molecule has 0 spiro atoms. The number of carbonyl (C=O) groups is 2. The van der Waals surface area contributed by atoms with E-state index in [0.29, 0.717) is 26.1 Å². The molecule has 2 atom stereocenters. The minimum Gasteiger partial charge on any atom is -0.497 e. The van der Waals surface area contributed by atoms with Crippen molar-refractivity contribution in [1.82, 2.24) is 4.90 Å². The van der Waals surface area contributed by atoms with Crippen LogP contribution >= 0.6 is 0 Å². The Morgan fingerprint density at radius 2 is 2.00 bits per heavy atom. The Morgan fingerprint density at radius 1 is 1.21 bits per heavy atom. The minimum atomic E-state index is -1.15. The lowest BCUT2D eigenvalue weighted by Crippen LogP contribution is -2.60. The summed E-state index contributed by atoms with van der Waals surface area (Å²) in [6, 6.07) is 16.0. The number of Topliss-reactive ketones (excluding diaryl/α,β-unsaturated/α-hetero) is 1. The molecule has 5 nitrogen and oxygen atoms in total.